The Morgan fingerprint density at radius 2 is 2.07 bits per heavy atom. The molecule has 4 heteroatoms. The Hall–Kier alpha value is -0.250. The topological polar surface area (TPSA) is 38.3 Å². The molecular formula is C10H20BrNO2. The second-order valence-corrected chi connectivity index (χ2v) is 5.17. The van der Waals surface area contributed by atoms with E-state index in [2.05, 4.69) is 21.2 Å². The van der Waals surface area contributed by atoms with Crippen LogP contribution in [-0.4, -0.2) is 23.1 Å². The molecule has 1 atom stereocenters. The molecule has 0 aromatic rings. The molecule has 1 amide bonds. The molecule has 0 saturated heterocycles. The fraction of sp³-hybridized carbons (Fsp3) is 0.900. The largest absolute Gasteiger partial charge is 0.444 e. The third kappa shape index (κ3) is 8.35. The summed E-state index contributed by atoms with van der Waals surface area (Å²) in [5.41, 5.74) is -0.417. The van der Waals surface area contributed by atoms with Gasteiger partial charge < -0.3 is 10.1 Å². The number of alkyl carbamates (subject to hydrolysis) is 1. The molecule has 1 N–H and O–H groups in total. The van der Waals surface area contributed by atoms with Crippen molar-refractivity contribution in [3.63, 3.8) is 0 Å². The van der Waals surface area contributed by atoms with E-state index in [0.717, 1.165) is 18.2 Å². The molecule has 0 fully saturated rings. The van der Waals surface area contributed by atoms with Gasteiger partial charge in [-0.15, -0.1) is 0 Å². The smallest absolute Gasteiger partial charge is 0.407 e. The number of hydrogen-bond acceptors (Lipinski definition) is 2. The Labute approximate surface area is 94.7 Å². The van der Waals surface area contributed by atoms with Crippen molar-refractivity contribution in [2.45, 2.75) is 52.2 Å². The number of carbonyl (C=O) groups is 1. The maximum Gasteiger partial charge on any atom is 0.407 e. The number of hydrogen-bond donors (Lipinski definition) is 1. The quantitative estimate of drug-likeness (QED) is 0.794. The number of halogens is 1. The second-order valence-electron chi connectivity index (χ2n) is 4.38. The van der Waals surface area contributed by atoms with Crippen molar-refractivity contribution in [3.8, 4) is 0 Å². The van der Waals surface area contributed by atoms with E-state index in [-0.39, 0.29) is 12.1 Å². The fourth-order valence-corrected chi connectivity index (χ4v) is 1.29. The Kier molecular flexibility index (Phi) is 6.16. The number of carbonyl (C=O) groups excluding carboxylic acids is 1. The number of ether oxygens (including phenoxy) is 1. The van der Waals surface area contributed by atoms with Crippen LogP contribution in [0.5, 0.6) is 0 Å². The molecule has 0 rings (SSSR count). The Morgan fingerprint density at radius 3 is 2.50 bits per heavy atom. The summed E-state index contributed by atoms with van der Waals surface area (Å²) < 4.78 is 5.13. The molecule has 0 saturated carbocycles. The molecule has 0 aromatic heterocycles. The van der Waals surface area contributed by atoms with Crippen molar-refractivity contribution < 1.29 is 9.53 Å². The van der Waals surface area contributed by atoms with Crippen molar-refractivity contribution in [2.24, 2.45) is 0 Å². The molecule has 0 aliphatic rings. The normalized spacial score (nSPS) is 13.5. The molecule has 0 aliphatic carbocycles. The highest BCUT2D eigenvalue weighted by Gasteiger charge is 2.17. The molecule has 0 heterocycles. The molecule has 3 nitrogen and oxygen atoms in total. The lowest BCUT2D eigenvalue weighted by molar-refractivity contribution is 0.0506. The van der Waals surface area contributed by atoms with Gasteiger partial charge in [0, 0.05) is 11.4 Å². The summed E-state index contributed by atoms with van der Waals surface area (Å²) in [7, 11) is 0. The summed E-state index contributed by atoms with van der Waals surface area (Å²) >= 11 is 3.35. The maximum atomic E-state index is 11.3. The highest BCUT2D eigenvalue weighted by atomic mass is 79.9. The highest BCUT2D eigenvalue weighted by molar-refractivity contribution is 9.09. The van der Waals surface area contributed by atoms with Crippen LogP contribution in [0.25, 0.3) is 0 Å². The van der Waals surface area contributed by atoms with Crippen molar-refractivity contribution in [3.05, 3.63) is 0 Å². The van der Waals surface area contributed by atoms with Gasteiger partial charge in [0.05, 0.1) is 0 Å². The minimum atomic E-state index is -0.417. The number of rotatable bonds is 4. The predicted molar refractivity (Wildman–Crippen MR) is 61.9 cm³/mol. The maximum absolute atomic E-state index is 11.3. The summed E-state index contributed by atoms with van der Waals surface area (Å²) in [6.07, 6.45) is 1.68. The molecule has 0 bridgehead atoms. The van der Waals surface area contributed by atoms with Gasteiger partial charge in [-0.3, -0.25) is 0 Å². The average molecular weight is 266 g/mol. The molecule has 84 valence electrons. The van der Waals surface area contributed by atoms with Crippen LogP contribution in [0, 0.1) is 0 Å². The molecule has 14 heavy (non-hydrogen) atoms. The van der Waals surface area contributed by atoms with Crippen LogP contribution in [0.4, 0.5) is 4.79 Å². The van der Waals surface area contributed by atoms with Crippen LogP contribution in [0.15, 0.2) is 0 Å². The Morgan fingerprint density at radius 1 is 1.50 bits per heavy atom. The zero-order chi connectivity index (χ0) is 11.2. The van der Waals surface area contributed by atoms with Gasteiger partial charge in [-0.1, -0.05) is 15.9 Å². The van der Waals surface area contributed by atoms with Crippen LogP contribution in [0.1, 0.15) is 40.5 Å². The van der Waals surface area contributed by atoms with Crippen LogP contribution in [-0.2, 0) is 4.74 Å². The van der Waals surface area contributed by atoms with E-state index in [1.807, 2.05) is 27.7 Å². The van der Waals surface area contributed by atoms with Gasteiger partial charge in [-0.25, -0.2) is 4.79 Å². The van der Waals surface area contributed by atoms with E-state index in [9.17, 15) is 4.79 Å². The van der Waals surface area contributed by atoms with Crippen molar-refractivity contribution in [1.29, 1.82) is 0 Å². The van der Waals surface area contributed by atoms with Gasteiger partial charge in [0.2, 0.25) is 0 Å². The number of amides is 1. The molecule has 0 spiro atoms. The van der Waals surface area contributed by atoms with E-state index < -0.39 is 5.60 Å². The van der Waals surface area contributed by atoms with Gasteiger partial charge in [0.25, 0.3) is 0 Å². The van der Waals surface area contributed by atoms with Crippen molar-refractivity contribution in [1.82, 2.24) is 5.32 Å². The summed E-state index contributed by atoms with van der Waals surface area (Å²) in [5, 5.41) is 3.75. The minimum absolute atomic E-state index is 0.169. The van der Waals surface area contributed by atoms with E-state index >= 15 is 0 Å². The third-order valence-corrected chi connectivity index (χ3v) is 2.09. The fourth-order valence-electron chi connectivity index (χ4n) is 0.964. The summed E-state index contributed by atoms with van der Waals surface area (Å²) in [5.74, 6) is 0. The average Bonchev–Trinajstić information content (AvgIpc) is 1.96. The van der Waals surface area contributed by atoms with Crippen LogP contribution in [0.2, 0.25) is 0 Å². The number of alkyl halides is 1. The van der Waals surface area contributed by atoms with E-state index in [1.165, 1.54) is 0 Å². The lowest BCUT2D eigenvalue weighted by Crippen LogP contribution is -2.37. The summed E-state index contributed by atoms with van der Waals surface area (Å²) in [4.78, 5) is 11.3. The first kappa shape index (κ1) is 13.8. The van der Waals surface area contributed by atoms with Gasteiger partial charge in [0.15, 0.2) is 0 Å². The molecule has 0 aliphatic heterocycles. The number of nitrogens with one attached hydrogen (secondary N) is 1. The van der Waals surface area contributed by atoms with E-state index in [1.54, 1.807) is 0 Å². The van der Waals surface area contributed by atoms with Crippen LogP contribution < -0.4 is 5.32 Å². The lowest BCUT2D eigenvalue weighted by atomic mass is 10.2. The van der Waals surface area contributed by atoms with Crippen molar-refractivity contribution in [2.75, 3.05) is 5.33 Å². The SMILES string of the molecule is C[C@H](CCCBr)NC(=O)OC(C)(C)C. The standard InChI is InChI=1S/C10H20BrNO2/c1-8(6-5-7-11)12-9(13)14-10(2,3)4/h8H,5-7H2,1-4H3,(H,12,13)/t8-/m1/s1. The van der Waals surface area contributed by atoms with E-state index in [4.69, 9.17) is 4.74 Å². The van der Waals surface area contributed by atoms with Crippen LogP contribution in [0.3, 0.4) is 0 Å². The minimum Gasteiger partial charge on any atom is -0.444 e. The molecule has 0 aromatic carbocycles. The van der Waals surface area contributed by atoms with Crippen molar-refractivity contribution >= 4 is 22.0 Å². The van der Waals surface area contributed by atoms with Gasteiger partial charge >= 0.3 is 6.09 Å². The first-order valence-corrected chi connectivity index (χ1v) is 6.03. The van der Waals surface area contributed by atoms with Gasteiger partial charge in [-0.05, 0) is 40.5 Å². The van der Waals surface area contributed by atoms with Gasteiger partial charge in [0.1, 0.15) is 5.60 Å². The monoisotopic (exact) mass is 265 g/mol. The molecule has 0 radical (unpaired) electrons. The third-order valence-electron chi connectivity index (χ3n) is 1.53. The first-order valence-electron chi connectivity index (χ1n) is 4.90. The molecule has 0 unspecified atom stereocenters. The highest BCUT2D eigenvalue weighted by Crippen LogP contribution is 2.07. The Bertz CT molecular complexity index is 177. The predicted octanol–water partition coefficient (Wildman–Crippen LogP) is 3.07. The zero-order valence-electron chi connectivity index (χ0n) is 9.39. The molecular weight excluding hydrogens is 246 g/mol. The summed E-state index contributed by atoms with van der Waals surface area (Å²) in [6, 6.07) is 0.169. The van der Waals surface area contributed by atoms with E-state index in [0.29, 0.717) is 0 Å². The summed E-state index contributed by atoms with van der Waals surface area (Å²) in [6.45, 7) is 7.55. The second kappa shape index (κ2) is 6.27. The lowest BCUT2D eigenvalue weighted by Gasteiger charge is -2.21. The Balaban J connectivity index is 3.71. The van der Waals surface area contributed by atoms with Crippen LogP contribution >= 0.6 is 15.9 Å². The first-order chi connectivity index (χ1) is 6.35. The van der Waals surface area contributed by atoms with Gasteiger partial charge in [-0.2, -0.15) is 0 Å². The zero-order valence-corrected chi connectivity index (χ0v) is 11.0.